The third-order valence-electron chi connectivity index (χ3n) is 2.76. The smallest absolute Gasteiger partial charge is 0.343 e. The van der Waals surface area contributed by atoms with E-state index in [0.717, 1.165) is 6.42 Å². The molecule has 1 saturated carbocycles. The van der Waals surface area contributed by atoms with Gasteiger partial charge in [-0.15, -0.1) is 0 Å². The number of ether oxygens (including phenoxy) is 2. The summed E-state index contributed by atoms with van der Waals surface area (Å²) in [6.07, 6.45) is 1.07. The van der Waals surface area contributed by atoms with E-state index in [2.05, 4.69) is 6.58 Å². The molecule has 0 N–H and O–H groups in total. The van der Waals surface area contributed by atoms with E-state index in [9.17, 15) is 4.79 Å². The molecule has 0 amide bonds. The number of esters is 1. The molecule has 1 aliphatic carbocycles. The molecular weight excluding hydrogens is 216 g/mol. The van der Waals surface area contributed by atoms with Crippen molar-refractivity contribution in [2.45, 2.75) is 19.4 Å². The predicted molar refractivity (Wildman–Crippen MR) is 64.5 cm³/mol. The lowest BCUT2D eigenvalue weighted by Crippen LogP contribution is -2.07. The number of benzene rings is 1. The predicted octanol–water partition coefficient (Wildman–Crippen LogP) is 2.78. The zero-order valence-corrected chi connectivity index (χ0v) is 9.89. The number of hydrogen-bond acceptors (Lipinski definition) is 3. The maximum Gasteiger partial charge on any atom is 0.343 e. The van der Waals surface area contributed by atoms with E-state index >= 15 is 0 Å². The molecule has 2 rings (SSSR count). The van der Waals surface area contributed by atoms with Gasteiger partial charge in [0.05, 0.1) is 11.7 Å². The van der Waals surface area contributed by atoms with E-state index in [1.165, 1.54) is 0 Å². The van der Waals surface area contributed by atoms with Gasteiger partial charge in [0, 0.05) is 12.5 Å². The minimum Gasteiger partial charge on any atom is -0.428 e. The fourth-order valence-corrected chi connectivity index (χ4v) is 1.74. The second kappa shape index (κ2) is 5.15. The van der Waals surface area contributed by atoms with Crippen LogP contribution in [0.2, 0.25) is 0 Å². The minimum absolute atomic E-state index is 0.169. The second-order valence-corrected chi connectivity index (χ2v) is 4.06. The highest BCUT2D eigenvalue weighted by Crippen LogP contribution is 2.39. The SMILES string of the molecule is C=C(OC(=O)c1ccccc1)[C@H]1C[C@@H]1OCC. The Morgan fingerprint density at radius 3 is 2.76 bits per heavy atom. The molecule has 0 unspecified atom stereocenters. The van der Waals surface area contributed by atoms with Crippen LogP contribution in [-0.2, 0) is 9.47 Å². The van der Waals surface area contributed by atoms with Crippen molar-refractivity contribution in [3.8, 4) is 0 Å². The lowest BCUT2D eigenvalue weighted by atomic mass is 10.2. The maximum atomic E-state index is 11.7. The van der Waals surface area contributed by atoms with Crippen LogP contribution in [0, 0.1) is 5.92 Å². The van der Waals surface area contributed by atoms with E-state index in [1.807, 2.05) is 13.0 Å². The fraction of sp³-hybridized carbons (Fsp3) is 0.357. The van der Waals surface area contributed by atoms with Gasteiger partial charge in [0.2, 0.25) is 0 Å². The van der Waals surface area contributed by atoms with Crippen molar-refractivity contribution in [2.24, 2.45) is 5.92 Å². The summed E-state index contributed by atoms with van der Waals surface area (Å²) >= 11 is 0. The summed E-state index contributed by atoms with van der Waals surface area (Å²) in [5, 5.41) is 0. The van der Waals surface area contributed by atoms with E-state index in [-0.39, 0.29) is 18.0 Å². The second-order valence-electron chi connectivity index (χ2n) is 4.06. The van der Waals surface area contributed by atoms with E-state index in [4.69, 9.17) is 9.47 Å². The van der Waals surface area contributed by atoms with E-state index in [1.54, 1.807) is 24.3 Å². The molecule has 0 saturated heterocycles. The molecule has 3 heteroatoms. The first-order valence-electron chi connectivity index (χ1n) is 5.80. The van der Waals surface area contributed by atoms with Crippen molar-refractivity contribution in [1.29, 1.82) is 0 Å². The van der Waals surface area contributed by atoms with Crippen molar-refractivity contribution in [3.05, 3.63) is 48.2 Å². The molecule has 1 fully saturated rings. The van der Waals surface area contributed by atoms with Crippen LogP contribution < -0.4 is 0 Å². The first-order chi connectivity index (χ1) is 8.22. The van der Waals surface area contributed by atoms with Crippen LogP contribution in [0.15, 0.2) is 42.7 Å². The molecular formula is C14H16O3. The first-order valence-corrected chi connectivity index (χ1v) is 5.80. The summed E-state index contributed by atoms with van der Waals surface area (Å²) in [6.45, 7) is 6.43. The standard InChI is InChI=1S/C14H16O3/c1-3-16-13-9-12(13)10(2)17-14(15)11-7-5-4-6-8-11/h4-8,12-13H,2-3,9H2,1H3/t12-,13+/m1/s1. The molecule has 1 aromatic rings. The average molecular weight is 232 g/mol. The highest BCUT2D eigenvalue weighted by molar-refractivity contribution is 5.90. The normalized spacial score (nSPS) is 21.9. The molecule has 0 aromatic heterocycles. The topological polar surface area (TPSA) is 35.5 Å². The van der Waals surface area contributed by atoms with Crippen LogP contribution in [0.3, 0.4) is 0 Å². The van der Waals surface area contributed by atoms with Gasteiger partial charge in [0.15, 0.2) is 0 Å². The molecule has 0 heterocycles. The number of carbonyl (C=O) groups excluding carboxylic acids is 1. The highest BCUT2D eigenvalue weighted by atomic mass is 16.5. The molecule has 17 heavy (non-hydrogen) atoms. The van der Waals surface area contributed by atoms with Gasteiger partial charge in [-0.3, -0.25) is 0 Å². The van der Waals surface area contributed by atoms with Gasteiger partial charge < -0.3 is 9.47 Å². The van der Waals surface area contributed by atoms with Crippen LogP contribution in [0.5, 0.6) is 0 Å². The molecule has 90 valence electrons. The van der Waals surface area contributed by atoms with Gasteiger partial charge in [-0.2, -0.15) is 0 Å². The summed E-state index contributed by atoms with van der Waals surface area (Å²) in [5.41, 5.74) is 0.544. The molecule has 0 bridgehead atoms. The Bertz CT molecular complexity index is 411. The summed E-state index contributed by atoms with van der Waals surface area (Å²) < 4.78 is 10.6. The van der Waals surface area contributed by atoms with E-state index in [0.29, 0.717) is 17.9 Å². The third kappa shape index (κ3) is 2.94. The summed E-state index contributed by atoms with van der Waals surface area (Å²) in [7, 11) is 0. The third-order valence-corrected chi connectivity index (χ3v) is 2.76. The van der Waals surface area contributed by atoms with Crippen LogP contribution >= 0.6 is 0 Å². The molecule has 0 aliphatic heterocycles. The quantitative estimate of drug-likeness (QED) is 0.578. The van der Waals surface area contributed by atoms with Gasteiger partial charge in [-0.1, -0.05) is 24.8 Å². The lowest BCUT2D eigenvalue weighted by Gasteiger charge is -2.06. The summed E-state index contributed by atoms with van der Waals surface area (Å²) in [4.78, 5) is 11.7. The minimum atomic E-state index is -0.349. The zero-order chi connectivity index (χ0) is 12.3. The van der Waals surface area contributed by atoms with Crippen LogP contribution in [0.1, 0.15) is 23.7 Å². The van der Waals surface area contributed by atoms with Gasteiger partial charge in [-0.25, -0.2) is 4.79 Å². The Balaban J connectivity index is 1.86. The molecule has 2 atom stereocenters. The van der Waals surface area contributed by atoms with Gasteiger partial charge in [0.1, 0.15) is 5.76 Å². The maximum absolute atomic E-state index is 11.7. The van der Waals surface area contributed by atoms with Crippen molar-refractivity contribution in [2.75, 3.05) is 6.61 Å². The summed E-state index contributed by atoms with van der Waals surface area (Å²) in [5.74, 6) is 0.331. The van der Waals surface area contributed by atoms with Gasteiger partial charge in [0.25, 0.3) is 0 Å². The molecule has 0 spiro atoms. The van der Waals surface area contributed by atoms with Crippen LogP contribution in [-0.4, -0.2) is 18.7 Å². The Kier molecular flexibility index (Phi) is 3.59. The molecule has 3 nitrogen and oxygen atoms in total. The Morgan fingerprint density at radius 2 is 2.12 bits per heavy atom. The number of hydrogen-bond donors (Lipinski definition) is 0. The van der Waals surface area contributed by atoms with Gasteiger partial charge >= 0.3 is 5.97 Å². The Hall–Kier alpha value is -1.61. The molecule has 1 aromatic carbocycles. The Morgan fingerprint density at radius 1 is 1.41 bits per heavy atom. The summed E-state index contributed by atoms with van der Waals surface area (Å²) in [6, 6.07) is 8.92. The van der Waals surface area contributed by atoms with Crippen molar-refractivity contribution in [1.82, 2.24) is 0 Å². The number of rotatable bonds is 5. The first kappa shape index (κ1) is 11.9. The lowest BCUT2D eigenvalue weighted by molar-refractivity contribution is 0.0585. The Labute approximate surface area is 101 Å². The zero-order valence-electron chi connectivity index (χ0n) is 9.89. The highest BCUT2D eigenvalue weighted by Gasteiger charge is 2.42. The fourth-order valence-electron chi connectivity index (χ4n) is 1.74. The number of carbonyl (C=O) groups is 1. The van der Waals surface area contributed by atoms with Crippen LogP contribution in [0.4, 0.5) is 0 Å². The van der Waals surface area contributed by atoms with Crippen molar-refractivity contribution < 1.29 is 14.3 Å². The largest absolute Gasteiger partial charge is 0.428 e. The van der Waals surface area contributed by atoms with E-state index < -0.39 is 0 Å². The van der Waals surface area contributed by atoms with Crippen LogP contribution in [0.25, 0.3) is 0 Å². The van der Waals surface area contributed by atoms with Crippen molar-refractivity contribution >= 4 is 5.97 Å². The van der Waals surface area contributed by atoms with Gasteiger partial charge in [-0.05, 0) is 25.5 Å². The molecule has 0 radical (unpaired) electrons. The van der Waals surface area contributed by atoms with Crippen molar-refractivity contribution in [3.63, 3.8) is 0 Å². The average Bonchev–Trinajstić information content (AvgIpc) is 3.10. The molecule has 1 aliphatic rings. The monoisotopic (exact) mass is 232 g/mol.